The summed E-state index contributed by atoms with van der Waals surface area (Å²) in [5, 5.41) is 0.749. The van der Waals surface area contributed by atoms with Crippen LogP contribution in [-0.2, 0) is 0 Å². The minimum Gasteiger partial charge on any atom is -0.206 e. The van der Waals surface area contributed by atoms with Crippen molar-refractivity contribution >= 4 is 43.5 Å². The van der Waals surface area contributed by atoms with Crippen LogP contribution in [0.15, 0.2) is 34.8 Å². The van der Waals surface area contributed by atoms with Crippen molar-refractivity contribution in [1.29, 1.82) is 0 Å². The van der Waals surface area contributed by atoms with Gasteiger partial charge in [-0.3, -0.25) is 0 Å². The Balaban J connectivity index is 2.53. The third-order valence-corrected chi connectivity index (χ3v) is 5.31. The molecule has 0 saturated carbocycles. The van der Waals surface area contributed by atoms with Gasteiger partial charge in [-0.15, -0.1) is 0 Å². The summed E-state index contributed by atoms with van der Waals surface area (Å²) in [6, 6.07) is 9.02. The first-order valence-electron chi connectivity index (χ1n) is 5.76. The molecule has 100 valence electrons. The van der Waals surface area contributed by atoms with Crippen molar-refractivity contribution < 1.29 is 4.39 Å². The van der Waals surface area contributed by atoms with Crippen LogP contribution in [0.3, 0.4) is 0 Å². The van der Waals surface area contributed by atoms with Gasteiger partial charge in [-0.2, -0.15) is 0 Å². The van der Waals surface area contributed by atoms with E-state index in [2.05, 4.69) is 31.9 Å². The number of alkyl halides is 1. The number of aryl methyl sites for hydroxylation is 2. The van der Waals surface area contributed by atoms with E-state index in [1.807, 2.05) is 32.0 Å². The summed E-state index contributed by atoms with van der Waals surface area (Å²) in [7, 11) is 0. The standard InChI is InChI=1S/C15H12Br2ClF/c1-8-7-12(18)9(2)6-11(8)14(16)10-4-3-5-13(19)15(10)17/h3-7,14H,1-2H3. The molecule has 0 bridgehead atoms. The molecular weight excluding hydrogens is 394 g/mol. The second-order valence-electron chi connectivity index (χ2n) is 4.46. The van der Waals surface area contributed by atoms with E-state index in [9.17, 15) is 4.39 Å². The molecule has 2 aromatic rings. The molecule has 4 heteroatoms. The fraction of sp³-hybridized carbons (Fsp3) is 0.200. The Morgan fingerprint density at radius 3 is 2.47 bits per heavy atom. The highest BCUT2D eigenvalue weighted by molar-refractivity contribution is 9.11. The summed E-state index contributed by atoms with van der Waals surface area (Å²) in [6.45, 7) is 3.97. The molecule has 0 radical (unpaired) electrons. The van der Waals surface area contributed by atoms with Crippen LogP contribution in [0.5, 0.6) is 0 Å². The van der Waals surface area contributed by atoms with E-state index in [0.717, 1.165) is 27.3 Å². The van der Waals surface area contributed by atoms with Gasteiger partial charge in [-0.1, -0.05) is 45.7 Å². The van der Waals surface area contributed by atoms with Crippen LogP contribution in [0.2, 0.25) is 5.02 Å². The molecule has 2 aromatic carbocycles. The zero-order valence-corrected chi connectivity index (χ0v) is 14.4. The van der Waals surface area contributed by atoms with Crippen molar-refractivity contribution in [1.82, 2.24) is 0 Å². The molecule has 19 heavy (non-hydrogen) atoms. The fourth-order valence-corrected chi connectivity index (χ4v) is 3.85. The van der Waals surface area contributed by atoms with Crippen molar-refractivity contribution in [2.75, 3.05) is 0 Å². The highest BCUT2D eigenvalue weighted by Crippen LogP contribution is 2.39. The van der Waals surface area contributed by atoms with E-state index in [1.165, 1.54) is 6.07 Å². The van der Waals surface area contributed by atoms with Crippen molar-refractivity contribution in [3.63, 3.8) is 0 Å². The Morgan fingerprint density at radius 2 is 1.79 bits per heavy atom. The summed E-state index contributed by atoms with van der Waals surface area (Å²) >= 11 is 13.1. The first-order valence-corrected chi connectivity index (χ1v) is 7.85. The lowest BCUT2D eigenvalue weighted by atomic mass is 9.98. The fourth-order valence-electron chi connectivity index (χ4n) is 1.96. The molecule has 0 aromatic heterocycles. The van der Waals surface area contributed by atoms with Crippen molar-refractivity contribution in [3.8, 4) is 0 Å². The van der Waals surface area contributed by atoms with Crippen LogP contribution in [0, 0.1) is 19.7 Å². The van der Waals surface area contributed by atoms with Crippen LogP contribution in [0.1, 0.15) is 27.1 Å². The number of hydrogen-bond acceptors (Lipinski definition) is 0. The smallest absolute Gasteiger partial charge is 0.137 e. The van der Waals surface area contributed by atoms with E-state index in [4.69, 9.17) is 11.6 Å². The summed E-state index contributed by atoms with van der Waals surface area (Å²) in [6.07, 6.45) is 0. The van der Waals surface area contributed by atoms with Crippen molar-refractivity contribution in [3.05, 3.63) is 67.9 Å². The predicted octanol–water partition coefficient (Wildman–Crippen LogP) is 6.34. The quantitative estimate of drug-likeness (QED) is 0.510. The topological polar surface area (TPSA) is 0 Å². The van der Waals surface area contributed by atoms with Crippen LogP contribution in [0.25, 0.3) is 0 Å². The molecule has 0 saturated heterocycles. The second kappa shape index (κ2) is 5.94. The van der Waals surface area contributed by atoms with Gasteiger partial charge in [0.2, 0.25) is 0 Å². The maximum absolute atomic E-state index is 13.6. The minimum atomic E-state index is -0.259. The van der Waals surface area contributed by atoms with Gasteiger partial charge < -0.3 is 0 Å². The Bertz CT molecular complexity index is 626. The Hall–Kier alpha value is -0.380. The lowest BCUT2D eigenvalue weighted by Crippen LogP contribution is -1.99. The summed E-state index contributed by atoms with van der Waals surface area (Å²) in [5.41, 5.74) is 4.05. The highest BCUT2D eigenvalue weighted by atomic mass is 79.9. The average Bonchev–Trinajstić information content (AvgIpc) is 2.36. The van der Waals surface area contributed by atoms with Gasteiger partial charge in [0, 0.05) is 5.02 Å². The molecule has 1 unspecified atom stereocenters. The molecule has 0 fully saturated rings. The molecule has 0 nitrogen and oxygen atoms in total. The lowest BCUT2D eigenvalue weighted by molar-refractivity contribution is 0.618. The van der Waals surface area contributed by atoms with Gasteiger partial charge in [0.1, 0.15) is 5.82 Å². The number of rotatable bonds is 2. The minimum absolute atomic E-state index is 0.0754. The predicted molar refractivity (Wildman–Crippen MR) is 85.8 cm³/mol. The van der Waals surface area contributed by atoms with Crippen LogP contribution in [0.4, 0.5) is 4.39 Å². The summed E-state index contributed by atoms with van der Waals surface area (Å²) in [5.74, 6) is -0.259. The molecule has 0 heterocycles. The lowest BCUT2D eigenvalue weighted by Gasteiger charge is -2.17. The van der Waals surface area contributed by atoms with E-state index < -0.39 is 0 Å². The normalized spacial score (nSPS) is 12.5. The van der Waals surface area contributed by atoms with Gasteiger partial charge in [-0.05, 0) is 64.2 Å². The van der Waals surface area contributed by atoms with Crippen molar-refractivity contribution in [2.45, 2.75) is 18.7 Å². The van der Waals surface area contributed by atoms with E-state index >= 15 is 0 Å². The maximum atomic E-state index is 13.6. The second-order valence-corrected chi connectivity index (χ2v) is 6.58. The van der Waals surface area contributed by atoms with Gasteiger partial charge in [-0.25, -0.2) is 4.39 Å². The molecule has 0 spiro atoms. The van der Waals surface area contributed by atoms with Crippen LogP contribution < -0.4 is 0 Å². The van der Waals surface area contributed by atoms with E-state index in [-0.39, 0.29) is 10.6 Å². The van der Waals surface area contributed by atoms with Gasteiger partial charge in [0.15, 0.2) is 0 Å². The molecular formula is C15H12Br2ClF. The first-order chi connectivity index (χ1) is 8.91. The number of hydrogen-bond donors (Lipinski definition) is 0. The molecule has 0 aliphatic carbocycles. The SMILES string of the molecule is Cc1cc(C(Br)c2cccc(F)c2Br)c(C)cc1Cl. The van der Waals surface area contributed by atoms with Crippen molar-refractivity contribution in [2.24, 2.45) is 0 Å². The van der Waals surface area contributed by atoms with Gasteiger partial charge >= 0.3 is 0 Å². The third kappa shape index (κ3) is 3.04. The molecule has 1 atom stereocenters. The van der Waals surface area contributed by atoms with Crippen LogP contribution in [-0.4, -0.2) is 0 Å². The first kappa shape index (κ1) is 15.0. The Labute approximate surface area is 134 Å². The highest BCUT2D eigenvalue weighted by Gasteiger charge is 2.18. The molecule has 0 N–H and O–H groups in total. The van der Waals surface area contributed by atoms with Gasteiger partial charge in [0.25, 0.3) is 0 Å². The Kier molecular flexibility index (Phi) is 4.70. The van der Waals surface area contributed by atoms with E-state index in [1.54, 1.807) is 6.07 Å². The monoisotopic (exact) mass is 404 g/mol. The largest absolute Gasteiger partial charge is 0.206 e. The number of benzene rings is 2. The van der Waals surface area contributed by atoms with E-state index in [0.29, 0.717) is 4.47 Å². The summed E-state index contributed by atoms with van der Waals surface area (Å²) < 4.78 is 14.1. The Morgan fingerprint density at radius 1 is 1.11 bits per heavy atom. The van der Waals surface area contributed by atoms with Gasteiger partial charge in [0.05, 0.1) is 9.30 Å². The zero-order chi connectivity index (χ0) is 14.2. The maximum Gasteiger partial charge on any atom is 0.137 e. The molecule has 0 aliphatic rings. The molecule has 0 amide bonds. The molecule has 0 aliphatic heterocycles. The average molecular weight is 407 g/mol. The number of halogens is 4. The third-order valence-electron chi connectivity index (χ3n) is 3.07. The van der Waals surface area contributed by atoms with Crippen LogP contribution >= 0.6 is 43.5 Å². The molecule has 2 rings (SSSR count). The zero-order valence-electron chi connectivity index (χ0n) is 10.5. The summed E-state index contributed by atoms with van der Waals surface area (Å²) in [4.78, 5) is -0.0754.